The number of esters is 1. The summed E-state index contributed by atoms with van der Waals surface area (Å²) in [5, 5.41) is 1.20. The summed E-state index contributed by atoms with van der Waals surface area (Å²) in [6.07, 6.45) is 0. The van der Waals surface area contributed by atoms with Gasteiger partial charge in [0.05, 0.1) is 5.02 Å². The van der Waals surface area contributed by atoms with Crippen LogP contribution >= 0.6 is 34.8 Å². The maximum atomic E-state index is 12.0. The molecule has 0 aliphatic rings. The molecule has 0 aromatic heterocycles. The number of aryl methyl sites for hydroxylation is 1. The zero-order valence-corrected chi connectivity index (χ0v) is 14.9. The number of carbonyl (C=O) groups excluding carboxylic acids is 2. The molecule has 0 heterocycles. The standard InChI is InChI=1S/C17H13Cl3O4/c1-10-6-11(18)3-5-16(10)23-9-17(22)24-8-15(21)13-4-2-12(19)7-14(13)20/h2-7H,8-9H2,1H3. The van der Waals surface area contributed by atoms with E-state index in [-0.39, 0.29) is 17.2 Å². The van der Waals surface area contributed by atoms with Crippen molar-refractivity contribution >= 4 is 46.6 Å². The molecule has 126 valence electrons. The quantitative estimate of drug-likeness (QED) is 0.530. The van der Waals surface area contributed by atoms with Crippen molar-refractivity contribution in [1.82, 2.24) is 0 Å². The second-order valence-corrected chi connectivity index (χ2v) is 6.19. The summed E-state index contributed by atoms with van der Waals surface area (Å²) in [5.41, 5.74) is 1.03. The molecule has 4 nitrogen and oxygen atoms in total. The van der Waals surface area contributed by atoms with Gasteiger partial charge in [0.15, 0.2) is 13.2 Å². The Balaban J connectivity index is 1.85. The van der Waals surface area contributed by atoms with Crippen molar-refractivity contribution in [3.63, 3.8) is 0 Å². The molecule has 2 rings (SSSR count). The highest BCUT2D eigenvalue weighted by Crippen LogP contribution is 2.22. The molecule has 0 aliphatic carbocycles. The van der Waals surface area contributed by atoms with Gasteiger partial charge in [-0.2, -0.15) is 0 Å². The van der Waals surface area contributed by atoms with Crippen molar-refractivity contribution in [3.8, 4) is 5.75 Å². The molecule has 0 aliphatic heterocycles. The third kappa shape index (κ3) is 5.13. The van der Waals surface area contributed by atoms with Gasteiger partial charge in [0.1, 0.15) is 5.75 Å². The molecule has 0 bridgehead atoms. The molecule has 0 saturated carbocycles. The van der Waals surface area contributed by atoms with Gasteiger partial charge >= 0.3 is 5.97 Å². The third-order valence-electron chi connectivity index (χ3n) is 3.08. The summed E-state index contributed by atoms with van der Waals surface area (Å²) >= 11 is 17.5. The second-order valence-electron chi connectivity index (χ2n) is 4.91. The molecular formula is C17H13Cl3O4. The van der Waals surface area contributed by atoms with Crippen molar-refractivity contribution < 1.29 is 19.1 Å². The molecule has 0 unspecified atom stereocenters. The minimum absolute atomic E-state index is 0.205. The Kier molecular flexibility index (Phi) is 6.49. The Morgan fingerprint density at radius 3 is 2.29 bits per heavy atom. The lowest BCUT2D eigenvalue weighted by Gasteiger charge is -2.09. The van der Waals surface area contributed by atoms with Crippen LogP contribution in [0.5, 0.6) is 5.75 Å². The van der Waals surface area contributed by atoms with Crippen molar-refractivity contribution in [2.24, 2.45) is 0 Å². The van der Waals surface area contributed by atoms with Gasteiger partial charge in [-0.05, 0) is 48.9 Å². The van der Waals surface area contributed by atoms with Gasteiger partial charge < -0.3 is 9.47 Å². The molecule has 0 saturated heterocycles. The molecule has 24 heavy (non-hydrogen) atoms. The molecule has 0 amide bonds. The van der Waals surface area contributed by atoms with E-state index >= 15 is 0 Å². The van der Waals surface area contributed by atoms with Gasteiger partial charge in [0.25, 0.3) is 0 Å². The predicted octanol–water partition coefficient (Wildman–Crippen LogP) is 4.76. The fourth-order valence-electron chi connectivity index (χ4n) is 1.89. The highest BCUT2D eigenvalue weighted by Gasteiger charge is 2.14. The number of carbonyl (C=O) groups is 2. The Morgan fingerprint density at radius 1 is 0.958 bits per heavy atom. The predicted molar refractivity (Wildman–Crippen MR) is 93.4 cm³/mol. The van der Waals surface area contributed by atoms with Gasteiger partial charge in [0, 0.05) is 15.6 Å². The number of halogens is 3. The normalized spacial score (nSPS) is 10.3. The molecule has 0 N–H and O–H groups in total. The topological polar surface area (TPSA) is 52.6 Å². The minimum Gasteiger partial charge on any atom is -0.482 e. The van der Waals surface area contributed by atoms with Crippen LogP contribution in [0.4, 0.5) is 0 Å². The van der Waals surface area contributed by atoms with E-state index in [1.54, 1.807) is 25.1 Å². The number of ketones is 1. The van der Waals surface area contributed by atoms with Crippen molar-refractivity contribution in [3.05, 3.63) is 62.6 Å². The fourth-order valence-corrected chi connectivity index (χ4v) is 2.63. The smallest absolute Gasteiger partial charge is 0.344 e. The maximum absolute atomic E-state index is 12.0. The molecule has 0 radical (unpaired) electrons. The van der Waals surface area contributed by atoms with Crippen molar-refractivity contribution in [1.29, 1.82) is 0 Å². The van der Waals surface area contributed by atoms with E-state index < -0.39 is 18.4 Å². The summed E-state index contributed by atoms with van der Waals surface area (Å²) in [6.45, 7) is 1.06. The summed E-state index contributed by atoms with van der Waals surface area (Å²) in [4.78, 5) is 23.7. The first kappa shape index (κ1) is 18.6. The Morgan fingerprint density at radius 2 is 1.62 bits per heavy atom. The van der Waals surface area contributed by atoms with E-state index in [4.69, 9.17) is 44.3 Å². The number of Topliss-reactive ketones (excluding diaryl/α,β-unsaturated/α-hetero) is 1. The van der Waals surface area contributed by atoms with E-state index in [1.807, 2.05) is 0 Å². The number of hydrogen-bond acceptors (Lipinski definition) is 4. The van der Waals surface area contributed by atoms with Crippen LogP contribution in [0.2, 0.25) is 15.1 Å². The number of hydrogen-bond donors (Lipinski definition) is 0. The highest BCUT2D eigenvalue weighted by molar-refractivity contribution is 6.36. The molecule has 7 heteroatoms. The van der Waals surface area contributed by atoms with Gasteiger partial charge in [-0.3, -0.25) is 4.79 Å². The molecule has 2 aromatic carbocycles. The first-order valence-corrected chi connectivity index (χ1v) is 8.03. The monoisotopic (exact) mass is 386 g/mol. The molecule has 0 atom stereocenters. The van der Waals surface area contributed by atoms with E-state index in [9.17, 15) is 9.59 Å². The molecule has 0 spiro atoms. The van der Waals surface area contributed by atoms with Gasteiger partial charge in [-0.25, -0.2) is 4.79 Å². The van der Waals surface area contributed by atoms with Gasteiger partial charge in [-0.1, -0.05) is 34.8 Å². The van der Waals surface area contributed by atoms with Crippen LogP contribution in [0.1, 0.15) is 15.9 Å². The number of benzene rings is 2. The Hall–Kier alpha value is -1.75. The van der Waals surface area contributed by atoms with E-state index in [0.717, 1.165) is 5.56 Å². The molecular weight excluding hydrogens is 375 g/mol. The van der Waals surface area contributed by atoms with Crippen LogP contribution in [0, 0.1) is 6.92 Å². The van der Waals surface area contributed by atoms with Crippen LogP contribution in [-0.2, 0) is 9.53 Å². The van der Waals surface area contributed by atoms with E-state index in [2.05, 4.69) is 0 Å². The fraction of sp³-hybridized carbons (Fsp3) is 0.176. The lowest BCUT2D eigenvalue weighted by molar-refractivity contribution is -0.144. The molecule has 0 fully saturated rings. The lowest BCUT2D eigenvalue weighted by atomic mass is 10.1. The van der Waals surface area contributed by atoms with Crippen molar-refractivity contribution in [2.75, 3.05) is 13.2 Å². The summed E-state index contributed by atoms with van der Waals surface area (Å²) < 4.78 is 10.2. The lowest BCUT2D eigenvalue weighted by Crippen LogP contribution is -2.19. The second kappa shape index (κ2) is 8.38. The average molecular weight is 388 g/mol. The summed E-state index contributed by atoms with van der Waals surface area (Å²) in [5.74, 6) is -0.570. The van der Waals surface area contributed by atoms with Gasteiger partial charge in [0.2, 0.25) is 5.78 Å². The van der Waals surface area contributed by atoms with Crippen LogP contribution in [0.15, 0.2) is 36.4 Å². The van der Waals surface area contributed by atoms with E-state index in [1.165, 1.54) is 18.2 Å². The minimum atomic E-state index is -0.664. The number of ether oxygens (including phenoxy) is 2. The Bertz CT molecular complexity index is 774. The van der Waals surface area contributed by atoms with Crippen LogP contribution < -0.4 is 4.74 Å². The highest BCUT2D eigenvalue weighted by atomic mass is 35.5. The summed E-state index contributed by atoms with van der Waals surface area (Å²) in [6, 6.07) is 9.49. The van der Waals surface area contributed by atoms with Crippen LogP contribution in [0.25, 0.3) is 0 Å². The zero-order chi connectivity index (χ0) is 17.7. The van der Waals surface area contributed by atoms with Gasteiger partial charge in [-0.15, -0.1) is 0 Å². The maximum Gasteiger partial charge on any atom is 0.344 e. The third-order valence-corrected chi connectivity index (χ3v) is 3.86. The van der Waals surface area contributed by atoms with E-state index in [0.29, 0.717) is 15.8 Å². The molecule has 2 aromatic rings. The first-order chi connectivity index (χ1) is 11.4. The first-order valence-electron chi connectivity index (χ1n) is 6.89. The van der Waals surface area contributed by atoms with Crippen LogP contribution in [-0.4, -0.2) is 25.0 Å². The zero-order valence-electron chi connectivity index (χ0n) is 12.6. The van der Waals surface area contributed by atoms with Crippen LogP contribution in [0.3, 0.4) is 0 Å². The van der Waals surface area contributed by atoms with Crippen molar-refractivity contribution in [2.45, 2.75) is 6.92 Å². The summed E-state index contributed by atoms with van der Waals surface area (Å²) in [7, 11) is 0. The largest absolute Gasteiger partial charge is 0.482 e. The number of rotatable bonds is 6. The SMILES string of the molecule is Cc1cc(Cl)ccc1OCC(=O)OCC(=O)c1ccc(Cl)cc1Cl. The average Bonchev–Trinajstić information content (AvgIpc) is 2.51. The Labute approximate surface area is 154 Å².